The Hall–Kier alpha value is -1.95. The number of ether oxygens (including phenoxy) is 2. The smallest absolute Gasteiger partial charge is 0.320 e. The van der Waals surface area contributed by atoms with E-state index in [-0.39, 0.29) is 6.61 Å². The largest absolute Gasteiger partial charge is 0.493 e. The highest BCUT2D eigenvalue weighted by Gasteiger charge is 2.15. The van der Waals surface area contributed by atoms with Crippen LogP contribution in [0.25, 0.3) is 0 Å². The zero-order chi connectivity index (χ0) is 18.4. The van der Waals surface area contributed by atoms with Gasteiger partial charge in [-0.2, -0.15) is 0 Å². The van der Waals surface area contributed by atoms with Crippen LogP contribution in [-0.4, -0.2) is 24.2 Å². The fourth-order valence-corrected chi connectivity index (χ4v) is 2.70. The maximum atomic E-state index is 11.0. The van der Waals surface area contributed by atoms with Gasteiger partial charge in [0.1, 0.15) is 12.6 Å². The Kier molecular flexibility index (Phi) is 6.93. The number of methoxy groups -OCH3 is 1. The molecule has 0 amide bonds. The summed E-state index contributed by atoms with van der Waals surface area (Å²) in [7, 11) is 1.54. The van der Waals surface area contributed by atoms with Crippen molar-refractivity contribution in [2.75, 3.05) is 7.11 Å². The van der Waals surface area contributed by atoms with Crippen molar-refractivity contribution in [3.8, 4) is 11.5 Å². The second-order valence-corrected chi connectivity index (χ2v) is 6.19. The molecule has 2 N–H and O–H groups in total. The normalized spacial score (nSPS) is 11.8. The Morgan fingerprint density at radius 1 is 1.20 bits per heavy atom. The topological polar surface area (TPSA) is 67.8 Å². The van der Waals surface area contributed by atoms with Gasteiger partial charge in [0.25, 0.3) is 0 Å². The third-order valence-corrected chi connectivity index (χ3v) is 4.38. The lowest BCUT2D eigenvalue weighted by Crippen LogP contribution is -2.33. The standard InChI is InChI=1S/C18H19Cl2NO4/c1-11(18(22)23)21-9-12-5-3-8-16(24-2)17(12)25-10-13-14(19)6-4-7-15(13)20/h3-8,11,21H,9-10H2,1-2H3,(H,22,23). The number of para-hydroxylation sites is 1. The van der Waals surface area contributed by atoms with Gasteiger partial charge < -0.3 is 19.9 Å². The highest BCUT2D eigenvalue weighted by Crippen LogP contribution is 2.33. The summed E-state index contributed by atoms with van der Waals surface area (Å²) in [6.45, 7) is 2.06. The van der Waals surface area contributed by atoms with E-state index in [1.54, 1.807) is 38.3 Å². The van der Waals surface area contributed by atoms with Crippen molar-refractivity contribution in [3.63, 3.8) is 0 Å². The number of hydrogen-bond acceptors (Lipinski definition) is 4. The molecule has 0 spiro atoms. The van der Waals surface area contributed by atoms with Gasteiger partial charge in [0, 0.05) is 27.7 Å². The highest BCUT2D eigenvalue weighted by atomic mass is 35.5. The van der Waals surface area contributed by atoms with Gasteiger partial charge in [0.05, 0.1) is 7.11 Å². The van der Waals surface area contributed by atoms with Crippen LogP contribution in [0.5, 0.6) is 11.5 Å². The SMILES string of the molecule is COc1cccc(CNC(C)C(=O)O)c1OCc1c(Cl)cccc1Cl. The number of carboxylic acids is 1. The van der Waals surface area contributed by atoms with E-state index < -0.39 is 12.0 Å². The lowest BCUT2D eigenvalue weighted by molar-refractivity contribution is -0.139. The molecule has 1 atom stereocenters. The molecule has 2 aromatic rings. The van der Waals surface area contributed by atoms with E-state index in [9.17, 15) is 4.79 Å². The summed E-state index contributed by atoms with van der Waals surface area (Å²) in [5.41, 5.74) is 1.45. The van der Waals surface area contributed by atoms with Crippen molar-refractivity contribution in [1.29, 1.82) is 0 Å². The summed E-state index contributed by atoms with van der Waals surface area (Å²) in [6.07, 6.45) is 0. The van der Waals surface area contributed by atoms with Crippen molar-refractivity contribution in [3.05, 3.63) is 57.6 Å². The van der Waals surface area contributed by atoms with Gasteiger partial charge in [-0.05, 0) is 25.1 Å². The van der Waals surface area contributed by atoms with Crippen LogP contribution in [0.3, 0.4) is 0 Å². The minimum atomic E-state index is -0.923. The first-order valence-electron chi connectivity index (χ1n) is 7.61. The van der Waals surface area contributed by atoms with Gasteiger partial charge in [-0.1, -0.05) is 41.4 Å². The Morgan fingerprint density at radius 2 is 1.84 bits per heavy atom. The number of nitrogens with one attached hydrogen (secondary N) is 1. The summed E-state index contributed by atoms with van der Waals surface area (Å²) in [4.78, 5) is 11.0. The first kappa shape index (κ1) is 19.4. The van der Waals surface area contributed by atoms with Crippen molar-refractivity contribution in [1.82, 2.24) is 5.32 Å². The monoisotopic (exact) mass is 383 g/mol. The molecule has 0 aliphatic heterocycles. The molecule has 0 bridgehead atoms. The van der Waals surface area contributed by atoms with Crippen LogP contribution in [-0.2, 0) is 17.9 Å². The maximum Gasteiger partial charge on any atom is 0.320 e. The number of aliphatic carboxylic acids is 1. The van der Waals surface area contributed by atoms with Crippen LogP contribution in [0, 0.1) is 0 Å². The zero-order valence-corrected chi connectivity index (χ0v) is 15.4. The van der Waals surface area contributed by atoms with E-state index >= 15 is 0 Å². The van der Waals surface area contributed by atoms with Crippen LogP contribution >= 0.6 is 23.2 Å². The molecule has 0 saturated carbocycles. The van der Waals surface area contributed by atoms with Crippen molar-refractivity contribution in [2.45, 2.75) is 26.1 Å². The molecule has 0 aromatic heterocycles. The highest BCUT2D eigenvalue weighted by molar-refractivity contribution is 6.35. The fraction of sp³-hybridized carbons (Fsp3) is 0.278. The Morgan fingerprint density at radius 3 is 2.44 bits per heavy atom. The van der Waals surface area contributed by atoms with E-state index in [1.807, 2.05) is 12.1 Å². The lowest BCUT2D eigenvalue weighted by atomic mass is 10.1. The molecule has 0 fully saturated rings. The molecule has 1 unspecified atom stereocenters. The molecular weight excluding hydrogens is 365 g/mol. The molecule has 134 valence electrons. The second kappa shape index (κ2) is 8.94. The summed E-state index contributed by atoms with van der Waals surface area (Å²) in [5.74, 6) is 0.143. The van der Waals surface area contributed by atoms with Crippen LogP contribution in [0.15, 0.2) is 36.4 Å². The average molecular weight is 384 g/mol. The maximum absolute atomic E-state index is 11.0. The molecular formula is C18H19Cl2NO4. The number of rotatable bonds is 8. The quantitative estimate of drug-likeness (QED) is 0.716. The molecule has 0 aliphatic rings. The summed E-state index contributed by atoms with van der Waals surface area (Å²) < 4.78 is 11.3. The summed E-state index contributed by atoms with van der Waals surface area (Å²) in [6, 6.07) is 9.99. The number of carboxylic acid groups (broad SMARTS) is 1. The van der Waals surface area contributed by atoms with Gasteiger partial charge >= 0.3 is 5.97 Å². The molecule has 2 aromatic carbocycles. The predicted octanol–water partition coefficient (Wildman–Crippen LogP) is 4.14. The van der Waals surface area contributed by atoms with E-state index in [2.05, 4.69) is 5.32 Å². The Labute approximate surface area is 156 Å². The van der Waals surface area contributed by atoms with Crippen molar-refractivity contribution >= 4 is 29.2 Å². The van der Waals surface area contributed by atoms with Crippen LogP contribution in [0.4, 0.5) is 0 Å². The average Bonchev–Trinajstić information content (AvgIpc) is 2.59. The zero-order valence-electron chi connectivity index (χ0n) is 13.9. The molecule has 5 nitrogen and oxygen atoms in total. The Bertz CT molecular complexity index is 732. The Balaban J connectivity index is 2.21. The van der Waals surface area contributed by atoms with Gasteiger partial charge in [-0.15, -0.1) is 0 Å². The first-order chi connectivity index (χ1) is 11.9. The third-order valence-electron chi connectivity index (χ3n) is 3.67. The molecule has 0 radical (unpaired) electrons. The van der Waals surface area contributed by atoms with Crippen LogP contribution in [0.1, 0.15) is 18.1 Å². The number of carbonyl (C=O) groups is 1. The summed E-state index contributed by atoms with van der Waals surface area (Å²) >= 11 is 12.3. The summed E-state index contributed by atoms with van der Waals surface area (Å²) in [5, 5.41) is 12.9. The first-order valence-corrected chi connectivity index (χ1v) is 8.37. The van der Waals surface area contributed by atoms with Crippen molar-refractivity contribution < 1.29 is 19.4 Å². The molecule has 0 heterocycles. The fourth-order valence-electron chi connectivity index (χ4n) is 2.19. The predicted molar refractivity (Wildman–Crippen MR) is 97.7 cm³/mol. The molecule has 2 rings (SSSR count). The molecule has 0 aliphatic carbocycles. The van der Waals surface area contributed by atoms with Gasteiger partial charge in [0.15, 0.2) is 11.5 Å². The minimum Gasteiger partial charge on any atom is -0.493 e. The minimum absolute atomic E-state index is 0.167. The molecule has 7 heteroatoms. The number of hydrogen-bond donors (Lipinski definition) is 2. The van der Waals surface area contributed by atoms with E-state index in [0.717, 1.165) is 5.56 Å². The number of benzene rings is 2. The third kappa shape index (κ3) is 5.01. The molecule has 25 heavy (non-hydrogen) atoms. The van der Waals surface area contributed by atoms with Gasteiger partial charge in [-0.3, -0.25) is 4.79 Å². The molecule has 0 saturated heterocycles. The van der Waals surface area contributed by atoms with E-state index in [0.29, 0.717) is 33.7 Å². The van der Waals surface area contributed by atoms with Gasteiger partial charge in [0.2, 0.25) is 0 Å². The van der Waals surface area contributed by atoms with E-state index in [4.69, 9.17) is 37.8 Å². The number of halogens is 2. The van der Waals surface area contributed by atoms with Crippen LogP contribution < -0.4 is 14.8 Å². The van der Waals surface area contributed by atoms with Crippen LogP contribution in [0.2, 0.25) is 10.0 Å². The second-order valence-electron chi connectivity index (χ2n) is 5.38. The van der Waals surface area contributed by atoms with E-state index in [1.165, 1.54) is 0 Å². The van der Waals surface area contributed by atoms with Crippen molar-refractivity contribution in [2.24, 2.45) is 0 Å². The lowest BCUT2D eigenvalue weighted by Gasteiger charge is -2.17. The van der Waals surface area contributed by atoms with Gasteiger partial charge in [-0.25, -0.2) is 0 Å².